The Morgan fingerprint density at radius 1 is 1.45 bits per heavy atom. The van der Waals surface area contributed by atoms with Gasteiger partial charge in [-0.15, -0.1) is 0 Å². The Hall–Kier alpha value is -2.04. The quantitative estimate of drug-likeness (QED) is 0.917. The van der Waals surface area contributed by atoms with E-state index in [0.29, 0.717) is 17.0 Å². The number of rotatable bonds is 4. The molecule has 1 aromatic carbocycles. The molecule has 1 heterocycles. The normalized spacial score (nSPS) is 16.9. The van der Waals surface area contributed by atoms with Gasteiger partial charge in [-0.25, -0.2) is 0 Å². The van der Waals surface area contributed by atoms with Crippen LogP contribution >= 0.6 is 0 Å². The van der Waals surface area contributed by atoms with Crippen LogP contribution in [0, 0.1) is 0 Å². The van der Waals surface area contributed by atoms with Crippen molar-refractivity contribution in [1.82, 2.24) is 4.90 Å². The number of ether oxygens (including phenoxy) is 1. The Balaban J connectivity index is 2.17. The lowest BCUT2D eigenvalue weighted by Gasteiger charge is -2.24. The predicted molar refractivity (Wildman–Crippen MR) is 77.0 cm³/mol. The molecule has 0 aromatic heterocycles. The fourth-order valence-corrected chi connectivity index (χ4v) is 2.05. The Bertz CT molecular complexity index is 528. The minimum absolute atomic E-state index is 0.0330. The van der Waals surface area contributed by atoms with Crippen molar-refractivity contribution >= 4 is 17.5 Å². The predicted octanol–water partition coefficient (Wildman–Crippen LogP) is 2.28. The summed E-state index contributed by atoms with van der Waals surface area (Å²) in [5.74, 6) is 0.345. The maximum Gasteiger partial charge on any atom is 0.265 e. The molecule has 0 spiro atoms. The molecule has 0 saturated carbocycles. The first-order valence-corrected chi connectivity index (χ1v) is 6.90. The van der Waals surface area contributed by atoms with E-state index in [1.54, 1.807) is 37.1 Å². The summed E-state index contributed by atoms with van der Waals surface area (Å²) in [5.41, 5.74) is 1.19. The fraction of sp³-hybridized carbons (Fsp3) is 0.467. The van der Waals surface area contributed by atoms with Crippen LogP contribution in [0.25, 0.3) is 0 Å². The van der Waals surface area contributed by atoms with E-state index in [2.05, 4.69) is 12.2 Å². The second kappa shape index (κ2) is 5.94. The van der Waals surface area contributed by atoms with E-state index in [1.165, 1.54) is 0 Å². The number of unbranched alkanes of at least 4 members (excludes halogenated alkanes) is 1. The van der Waals surface area contributed by atoms with Crippen molar-refractivity contribution in [2.24, 2.45) is 0 Å². The molecule has 0 saturated heterocycles. The van der Waals surface area contributed by atoms with Gasteiger partial charge >= 0.3 is 0 Å². The molecule has 0 aliphatic carbocycles. The minimum atomic E-state index is -0.536. The molecule has 2 amide bonds. The van der Waals surface area contributed by atoms with Crippen LogP contribution in [0.15, 0.2) is 18.2 Å². The van der Waals surface area contributed by atoms with Gasteiger partial charge in [-0.05, 0) is 31.5 Å². The van der Waals surface area contributed by atoms with Crippen LogP contribution < -0.4 is 10.1 Å². The van der Waals surface area contributed by atoms with Gasteiger partial charge in [0, 0.05) is 19.2 Å². The first-order chi connectivity index (χ1) is 9.52. The maximum atomic E-state index is 12.3. The van der Waals surface area contributed by atoms with E-state index in [-0.39, 0.29) is 11.8 Å². The van der Waals surface area contributed by atoms with Gasteiger partial charge in [0.1, 0.15) is 5.75 Å². The van der Waals surface area contributed by atoms with Gasteiger partial charge in [0.05, 0.1) is 5.69 Å². The molecular formula is C15H20N2O3. The van der Waals surface area contributed by atoms with Crippen LogP contribution in [0.1, 0.15) is 37.0 Å². The van der Waals surface area contributed by atoms with Crippen LogP contribution in [0.5, 0.6) is 5.75 Å². The molecule has 1 aromatic rings. The third-order valence-corrected chi connectivity index (χ3v) is 3.35. The Morgan fingerprint density at radius 3 is 2.90 bits per heavy atom. The first kappa shape index (κ1) is 14.4. The van der Waals surface area contributed by atoms with E-state index < -0.39 is 6.10 Å². The molecule has 0 radical (unpaired) electrons. The molecule has 20 heavy (non-hydrogen) atoms. The van der Waals surface area contributed by atoms with Gasteiger partial charge in [-0.3, -0.25) is 9.59 Å². The molecular weight excluding hydrogens is 256 g/mol. The van der Waals surface area contributed by atoms with Crippen molar-refractivity contribution in [1.29, 1.82) is 0 Å². The maximum absolute atomic E-state index is 12.3. The molecule has 108 valence electrons. The third kappa shape index (κ3) is 2.92. The van der Waals surface area contributed by atoms with E-state index in [9.17, 15) is 9.59 Å². The van der Waals surface area contributed by atoms with E-state index in [0.717, 1.165) is 19.4 Å². The number of amides is 2. The standard InChI is InChI=1S/C15H20N2O3/c1-4-5-8-17(3)15(19)11-6-7-12-13(9-11)20-10(2)14(18)16-12/h6-7,9-10H,4-5,8H2,1-3H3,(H,16,18). The molecule has 0 bridgehead atoms. The van der Waals surface area contributed by atoms with Crippen LogP contribution in [0.3, 0.4) is 0 Å². The second-order valence-corrected chi connectivity index (χ2v) is 5.04. The molecule has 5 heteroatoms. The number of carbonyl (C=O) groups is 2. The lowest BCUT2D eigenvalue weighted by atomic mass is 10.1. The van der Waals surface area contributed by atoms with Crippen LogP contribution in [-0.4, -0.2) is 36.4 Å². The van der Waals surface area contributed by atoms with Crippen molar-refractivity contribution < 1.29 is 14.3 Å². The minimum Gasteiger partial charge on any atom is -0.479 e. The highest BCUT2D eigenvalue weighted by atomic mass is 16.5. The number of fused-ring (bicyclic) bond motifs is 1. The number of hydrogen-bond donors (Lipinski definition) is 1. The van der Waals surface area contributed by atoms with Crippen LogP contribution in [-0.2, 0) is 4.79 Å². The summed E-state index contributed by atoms with van der Waals surface area (Å²) >= 11 is 0. The topological polar surface area (TPSA) is 58.6 Å². The van der Waals surface area contributed by atoms with E-state index >= 15 is 0 Å². The summed E-state index contributed by atoms with van der Waals surface area (Å²) in [7, 11) is 1.79. The lowest BCUT2D eigenvalue weighted by molar-refractivity contribution is -0.122. The number of nitrogens with one attached hydrogen (secondary N) is 1. The van der Waals surface area contributed by atoms with Gasteiger partial charge in [0.25, 0.3) is 11.8 Å². The average molecular weight is 276 g/mol. The summed E-state index contributed by atoms with van der Waals surface area (Å²) in [4.78, 5) is 25.5. The largest absolute Gasteiger partial charge is 0.479 e. The van der Waals surface area contributed by atoms with Crippen LogP contribution in [0.2, 0.25) is 0 Å². The molecule has 1 aliphatic heterocycles. The molecule has 5 nitrogen and oxygen atoms in total. The van der Waals surface area contributed by atoms with Gasteiger partial charge in [0.2, 0.25) is 0 Å². The zero-order valence-electron chi connectivity index (χ0n) is 12.1. The summed E-state index contributed by atoms with van der Waals surface area (Å²) in [6, 6.07) is 5.11. The van der Waals surface area contributed by atoms with Crippen molar-refractivity contribution in [3.63, 3.8) is 0 Å². The molecule has 1 aliphatic rings. The molecule has 2 rings (SSSR count). The highest BCUT2D eigenvalue weighted by Crippen LogP contribution is 2.30. The molecule has 1 unspecified atom stereocenters. The summed E-state index contributed by atoms with van der Waals surface area (Å²) < 4.78 is 5.51. The number of anilines is 1. The zero-order chi connectivity index (χ0) is 14.7. The summed E-state index contributed by atoms with van der Waals surface area (Å²) in [5, 5.41) is 2.75. The molecule has 1 N–H and O–H groups in total. The van der Waals surface area contributed by atoms with Crippen molar-refractivity contribution in [2.75, 3.05) is 18.9 Å². The Morgan fingerprint density at radius 2 is 2.20 bits per heavy atom. The van der Waals surface area contributed by atoms with Crippen molar-refractivity contribution in [3.8, 4) is 5.75 Å². The Labute approximate surface area is 118 Å². The fourth-order valence-electron chi connectivity index (χ4n) is 2.05. The van der Waals surface area contributed by atoms with Gasteiger partial charge in [-0.1, -0.05) is 13.3 Å². The smallest absolute Gasteiger partial charge is 0.265 e. The zero-order valence-corrected chi connectivity index (χ0v) is 12.1. The van der Waals surface area contributed by atoms with Gasteiger partial charge in [0.15, 0.2) is 6.10 Å². The highest BCUT2D eigenvalue weighted by molar-refractivity contribution is 6.00. The van der Waals surface area contributed by atoms with E-state index in [4.69, 9.17) is 4.74 Å². The van der Waals surface area contributed by atoms with Gasteiger partial charge < -0.3 is 15.0 Å². The number of carbonyl (C=O) groups excluding carboxylic acids is 2. The third-order valence-electron chi connectivity index (χ3n) is 3.35. The monoisotopic (exact) mass is 276 g/mol. The highest BCUT2D eigenvalue weighted by Gasteiger charge is 2.24. The van der Waals surface area contributed by atoms with Gasteiger partial charge in [-0.2, -0.15) is 0 Å². The number of hydrogen-bond acceptors (Lipinski definition) is 3. The van der Waals surface area contributed by atoms with Crippen LogP contribution in [0.4, 0.5) is 5.69 Å². The molecule has 0 fully saturated rings. The molecule has 1 atom stereocenters. The summed E-state index contributed by atoms with van der Waals surface area (Å²) in [6.45, 7) is 4.51. The summed E-state index contributed by atoms with van der Waals surface area (Å²) in [6.07, 6.45) is 1.50. The van der Waals surface area contributed by atoms with E-state index in [1.807, 2.05) is 0 Å². The lowest BCUT2D eigenvalue weighted by Crippen LogP contribution is -2.34. The van der Waals surface area contributed by atoms with Crippen molar-refractivity contribution in [3.05, 3.63) is 23.8 Å². The first-order valence-electron chi connectivity index (χ1n) is 6.90. The van der Waals surface area contributed by atoms with Crippen molar-refractivity contribution in [2.45, 2.75) is 32.8 Å². The Kier molecular flexibility index (Phi) is 4.27. The number of nitrogens with zero attached hydrogens (tertiary/aromatic N) is 1. The second-order valence-electron chi connectivity index (χ2n) is 5.04. The SMILES string of the molecule is CCCCN(C)C(=O)c1ccc2c(c1)OC(C)C(=O)N2. The number of benzene rings is 1. The average Bonchev–Trinajstić information content (AvgIpc) is 2.44.